The van der Waals surface area contributed by atoms with Gasteiger partial charge in [-0.1, -0.05) is 6.07 Å². The molecule has 0 aliphatic carbocycles. The molecule has 3 aromatic rings. The number of hydrogen-bond acceptors (Lipinski definition) is 3. The van der Waals surface area contributed by atoms with Crippen LogP contribution in [-0.4, -0.2) is 15.0 Å². The van der Waals surface area contributed by atoms with Gasteiger partial charge in [0, 0.05) is 6.20 Å². The Balaban J connectivity index is 2.22. The third-order valence-corrected chi connectivity index (χ3v) is 3.11. The van der Waals surface area contributed by atoms with E-state index in [0.717, 1.165) is 27.4 Å². The highest BCUT2D eigenvalue weighted by Crippen LogP contribution is 2.23. The van der Waals surface area contributed by atoms with Gasteiger partial charge in [-0.25, -0.2) is 9.97 Å². The molecule has 0 radical (unpaired) electrons. The molecule has 4 heteroatoms. The van der Waals surface area contributed by atoms with E-state index in [4.69, 9.17) is 0 Å². The van der Waals surface area contributed by atoms with Crippen LogP contribution >= 0.6 is 11.3 Å². The largest absolute Gasteiger partial charge is 0.336 e. The van der Waals surface area contributed by atoms with Crippen LogP contribution in [0.3, 0.4) is 0 Å². The van der Waals surface area contributed by atoms with Gasteiger partial charge >= 0.3 is 0 Å². The van der Waals surface area contributed by atoms with E-state index in [1.54, 1.807) is 11.3 Å². The molecule has 0 atom stereocenters. The maximum Gasteiger partial charge on any atom is 0.178 e. The number of imidazole rings is 1. The van der Waals surface area contributed by atoms with Crippen molar-refractivity contribution in [3.63, 3.8) is 0 Å². The molecular weight excluding hydrogens is 206 g/mol. The zero-order chi connectivity index (χ0) is 10.3. The third-order valence-electron chi connectivity index (χ3n) is 2.23. The normalized spacial score (nSPS) is 11.0. The second kappa shape index (κ2) is 3.17. The smallest absolute Gasteiger partial charge is 0.178 e. The molecule has 3 nitrogen and oxygen atoms in total. The molecule has 0 aliphatic heterocycles. The van der Waals surface area contributed by atoms with E-state index in [1.165, 1.54) is 0 Å². The molecule has 0 saturated heterocycles. The summed E-state index contributed by atoms with van der Waals surface area (Å²) in [4.78, 5) is 13.1. The van der Waals surface area contributed by atoms with Crippen molar-refractivity contribution < 1.29 is 0 Å². The minimum atomic E-state index is 0.781. The monoisotopic (exact) mass is 215 g/mol. The fourth-order valence-electron chi connectivity index (χ4n) is 1.53. The molecule has 0 aliphatic rings. The number of thiophene rings is 1. The van der Waals surface area contributed by atoms with E-state index in [9.17, 15) is 0 Å². The fraction of sp³-hybridized carbons (Fsp3) is 0.0909. The molecular formula is C11H9N3S. The first kappa shape index (κ1) is 8.61. The Morgan fingerprint density at radius 2 is 2.33 bits per heavy atom. The zero-order valence-electron chi connectivity index (χ0n) is 8.19. The lowest BCUT2D eigenvalue weighted by Gasteiger charge is -1.88. The van der Waals surface area contributed by atoms with Crippen LogP contribution in [0.25, 0.3) is 21.9 Å². The van der Waals surface area contributed by atoms with E-state index < -0.39 is 0 Å². The molecule has 1 N–H and O–H groups in total. The highest BCUT2D eigenvalue weighted by Gasteiger charge is 2.06. The number of nitrogens with zero attached hydrogens (tertiary/aromatic N) is 2. The van der Waals surface area contributed by atoms with Crippen molar-refractivity contribution in [2.75, 3.05) is 0 Å². The van der Waals surface area contributed by atoms with Gasteiger partial charge < -0.3 is 4.98 Å². The first-order valence-electron chi connectivity index (χ1n) is 4.69. The topological polar surface area (TPSA) is 41.6 Å². The van der Waals surface area contributed by atoms with Gasteiger partial charge in [0.05, 0.1) is 10.4 Å². The van der Waals surface area contributed by atoms with E-state index >= 15 is 0 Å². The molecule has 3 aromatic heterocycles. The number of aromatic nitrogens is 3. The lowest BCUT2D eigenvalue weighted by atomic mass is 10.3. The van der Waals surface area contributed by atoms with Crippen molar-refractivity contribution in [1.82, 2.24) is 15.0 Å². The van der Waals surface area contributed by atoms with Gasteiger partial charge in [0.25, 0.3) is 0 Å². The van der Waals surface area contributed by atoms with E-state index in [2.05, 4.69) is 27.1 Å². The van der Waals surface area contributed by atoms with Gasteiger partial charge in [-0.3, -0.25) is 0 Å². The summed E-state index contributed by atoms with van der Waals surface area (Å²) in [5.41, 5.74) is 2.92. The van der Waals surface area contributed by atoms with Crippen molar-refractivity contribution in [3.05, 3.63) is 35.3 Å². The van der Waals surface area contributed by atoms with Crippen molar-refractivity contribution in [2.45, 2.75) is 6.92 Å². The number of rotatable bonds is 1. The third kappa shape index (κ3) is 1.43. The van der Waals surface area contributed by atoms with E-state index in [-0.39, 0.29) is 0 Å². The molecule has 0 bridgehead atoms. The molecule has 3 rings (SSSR count). The summed E-state index contributed by atoms with van der Waals surface area (Å²) in [5.74, 6) is 0.901. The van der Waals surface area contributed by atoms with E-state index in [1.807, 2.05) is 24.6 Å². The molecule has 0 fully saturated rings. The van der Waals surface area contributed by atoms with Crippen LogP contribution < -0.4 is 0 Å². The Kier molecular flexibility index (Phi) is 1.82. The summed E-state index contributed by atoms with van der Waals surface area (Å²) in [6.45, 7) is 2.03. The van der Waals surface area contributed by atoms with Crippen molar-refractivity contribution in [1.29, 1.82) is 0 Å². The molecule has 15 heavy (non-hydrogen) atoms. The Labute approximate surface area is 90.8 Å². The Bertz CT molecular complexity index is 595. The summed E-state index contributed by atoms with van der Waals surface area (Å²) in [5, 5.41) is 2.04. The summed E-state index contributed by atoms with van der Waals surface area (Å²) < 4.78 is 0. The highest BCUT2D eigenvalue weighted by molar-refractivity contribution is 7.13. The SMILES string of the molecule is Cc1cnc2nc(-c3cccs3)[nH]c2c1. The zero-order valence-corrected chi connectivity index (χ0v) is 9.01. The average Bonchev–Trinajstić information content (AvgIpc) is 2.84. The summed E-state index contributed by atoms with van der Waals surface area (Å²) >= 11 is 1.67. The number of fused-ring (bicyclic) bond motifs is 1. The predicted octanol–water partition coefficient (Wildman–Crippen LogP) is 2.99. The minimum absolute atomic E-state index is 0.781. The van der Waals surface area contributed by atoms with Crippen molar-refractivity contribution in [3.8, 4) is 10.7 Å². The molecule has 74 valence electrons. The first-order valence-corrected chi connectivity index (χ1v) is 5.57. The van der Waals surface area contributed by atoms with Gasteiger partial charge in [0.1, 0.15) is 5.82 Å². The Morgan fingerprint density at radius 1 is 1.40 bits per heavy atom. The van der Waals surface area contributed by atoms with Gasteiger partial charge in [-0.2, -0.15) is 0 Å². The van der Waals surface area contributed by atoms with Gasteiger partial charge in [0.15, 0.2) is 5.65 Å². The van der Waals surface area contributed by atoms with Crippen molar-refractivity contribution in [2.24, 2.45) is 0 Å². The number of nitrogens with one attached hydrogen (secondary N) is 1. The number of aromatic amines is 1. The number of aryl methyl sites for hydroxylation is 1. The quantitative estimate of drug-likeness (QED) is 0.678. The highest BCUT2D eigenvalue weighted by atomic mass is 32.1. The molecule has 3 heterocycles. The van der Waals surface area contributed by atoms with Crippen LogP contribution in [0.4, 0.5) is 0 Å². The van der Waals surface area contributed by atoms with Gasteiger partial charge in [-0.15, -0.1) is 11.3 Å². The molecule has 0 saturated carbocycles. The number of pyridine rings is 1. The van der Waals surface area contributed by atoms with E-state index in [0.29, 0.717) is 0 Å². The number of hydrogen-bond donors (Lipinski definition) is 1. The predicted molar refractivity (Wildman–Crippen MR) is 61.9 cm³/mol. The van der Waals surface area contributed by atoms with Crippen LogP contribution in [-0.2, 0) is 0 Å². The summed E-state index contributed by atoms with van der Waals surface area (Å²) in [6, 6.07) is 6.13. The second-order valence-corrected chi connectivity index (χ2v) is 4.39. The van der Waals surface area contributed by atoms with Gasteiger partial charge in [0.2, 0.25) is 0 Å². The Hall–Kier alpha value is -1.68. The fourth-order valence-corrected chi connectivity index (χ4v) is 2.20. The van der Waals surface area contributed by atoms with Gasteiger partial charge in [-0.05, 0) is 30.0 Å². The Morgan fingerprint density at radius 3 is 3.13 bits per heavy atom. The van der Waals surface area contributed by atoms with Crippen LogP contribution in [0.5, 0.6) is 0 Å². The average molecular weight is 215 g/mol. The van der Waals surface area contributed by atoms with Crippen LogP contribution in [0.2, 0.25) is 0 Å². The first-order chi connectivity index (χ1) is 7.33. The maximum absolute atomic E-state index is 4.44. The molecule has 0 unspecified atom stereocenters. The lowest BCUT2D eigenvalue weighted by Crippen LogP contribution is -1.77. The van der Waals surface area contributed by atoms with Crippen molar-refractivity contribution >= 4 is 22.5 Å². The maximum atomic E-state index is 4.44. The number of H-pyrrole nitrogens is 1. The minimum Gasteiger partial charge on any atom is -0.336 e. The standard InChI is InChI=1S/C11H9N3S/c1-7-5-8-10(12-6-7)14-11(13-8)9-3-2-4-15-9/h2-6H,1H3,(H,12,13,14). The molecule has 0 amide bonds. The van der Waals surface area contributed by atoms with Crippen LogP contribution in [0, 0.1) is 6.92 Å². The van der Waals surface area contributed by atoms with Crippen LogP contribution in [0.1, 0.15) is 5.56 Å². The second-order valence-electron chi connectivity index (χ2n) is 3.45. The molecule has 0 spiro atoms. The summed E-state index contributed by atoms with van der Waals surface area (Å²) in [6.07, 6.45) is 1.83. The lowest BCUT2D eigenvalue weighted by molar-refractivity contribution is 1.29. The summed E-state index contributed by atoms with van der Waals surface area (Å²) in [7, 11) is 0. The molecule has 0 aromatic carbocycles. The van der Waals surface area contributed by atoms with Crippen LogP contribution in [0.15, 0.2) is 29.8 Å².